The fourth-order valence-electron chi connectivity index (χ4n) is 2.25. The van der Waals surface area contributed by atoms with E-state index in [0.717, 1.165) is 32.8 Å². The number of thioether (sulfide) groups is 1. The van der Waals surface area contributed by atoms with Crippen LogP contribution in [0, 0.1) is 0 Å². The molecule has 118 valence electrons. The SMILES string of the molecule is OCc1cnc(SCc2cccc(Cl)c2)n1Cc1ccncc1. The quantitative estimate of drug-likeness (QED) is 0.691. The molecule has 0 saturated carbocycles. The predicted octanol–water partition coefficient (Wildman–Crippen LogP) is 3.76. The Morgan fingerprint density at radius 1 is 1.13 bits per heavy atom. The van der Waals surface area contributed by atoms with Crippen LogP contribution in [0.2, 0.25) is 5.02 Å². The van der Waals surface area contributed by atoms with Gasteiger partial charge in [-0.15, -0.1) is 0 Å². The van der Waals surface area contributed by atoms with Gasteiger partial charge in [0.25, 0.3) is 0 Å². The molecule has 0 aliphatic rings. The number of nitrogens with zero attached hydrogens (tertiary/aromatic N) is 3. The van der Waals surface area contributed by atoms with E-state index in [0.29, 0.717) is 6.54 Å². The Morgan fingerprint density at radius 3 is 2.70 bits per heavy atom. The van der Waals surface area contributed by atoms with Crippen LogP contribution in [0.5, 0.6) is 0 Å². The van der Waals surface area contributed by atoms with Gasteiger partial charge in [-0.2, -0.15) is 0 Å². The highest BCUT2D eigenvalue weighted by Gasteiger charge is 2.11. The van der Waals surface area contributed by atoms with Crippen molar-refractivity contribution < 1.29 is 5.11 Å². The molecular weight excluding hydrogens is 330 g/mol. The fourth-order valence-corrected chi connectivity index (χ4v) is 3.40. The standard InChI is InChI=1S/C17H16ClN3OS/c18-15-3-1-2-14(8-15)12-23-17-20-9-16(11-22)21(17)10-13-4-6-19-7-5-13/h1-9,22H,10-12H2. The first-order valence-electron chi connectivity index (χ1n) is 7.17. The van der Waals surface area contributed by atoms with Gasteiger partial charge >= 0.3 is 0 Å². The van der Waals surface area contributed by atoms with Crippen molar-refractivity contribution in [2.24, 2.45) is 0 Å². The van der Waals surface area contributed by atoms with E-state index in [2.05, 4.69) is 9.97 Å². The molecule has 6 heteroatoms. The normalized spacial score (nSPS) is 10.9. The van der Waals surface area contributed by atoms with Gasteiger partial charge in [-0.1, -0.05) is 35.5 Å². The lowest BCUT2D eigenvalue weighted by Gasteiger charge is -2.11. The van der Waals surface area contributed by atoms with Crippen molar-refractivity contribution in [3.8, 4) is 0 Å². The molecule has 0 saturated heterocycles. The van der Waals surface area contributed by atoms with Gasteiger partial charge in [0.2, 0.25) is 0 Å². The Morgan fingerprint density at radius 2 is 1.96 bits per heavy atom. The summed E-state index contributed by atoms with van der Waals surface area (Å²) in [6.45, 7) is 0.631. The first-order chi connectivity index (χ1) is 11.3. The van der Waals surface area contributed by atoms with Crippen LogP contribution in [0.1, 0.15) is 16.8 Å². The molecule has 0 bridgehead atoms. The second-order valence-electron chi connectivity index (χ2n) is 5.05. The molecule has 0 spiro atoms. The third kappa shape index (κ3) is 4.13. The van der Waals surface area contributed by atoms with Crippen molar-refractivity contribution in [3.63, 3.8) is 0 Å². The molecular formula is C17H16ClN3OS. The topological polar surface area (TPSA) is 50.9 Å². The summed E-state index contributed by atoms with van der Waals surface area (Å²) in [5.74, 6) is 0.777. The number of imidazole rings is 1. The number of benzene rings is 1. The van der Waals surface area contributed by atoms with Crippen LogP contribution in [0.25, 0.3) is 0 Å². The summed E-state index contributed by atoms with van der Waals surface area (Å²) in [7, 11) is 0. The van der Waals surface area contributed by atoms with E-state index >= 15 is 0 Å². The molecule has 0 radical (unpaired) electrons. The molecule has 1 aromatic carbocycles. The molecule has 2 heterocycles. The summed E-state index contributed by atoms with van der Waals surface area (Å²) in [4.78, 5) is 8.47. The maximum Gasteiger partial charge on any atom is 0.168 e. The third-order valence-electron chi connectivity index (χ3n) is 3.41. The van der Waals surface area contributed by atoms with Crippen molar-refractivity contribution in [1.82, 2.24) is 14.5 Å². The minimum absolute atomic E-state index is 0.0319. The first-order valence-corrected chi connectivity index (χ1v) is 8.54. The Kier molecular flexibility index (Phi) is 5.33. The number of hydrogen-bond acceptors (Lipinski definition) is 4. The molecule has 0 fully saturated rings. The van der Waals surface area contributed by atoms with Crippen LogP contribution >= 0.6 is 23.4 Å². The van der Waals surface area contributed by atoms with E-state index in [4.69, 9.17) is 11.6 Å². The van der Waals surface area contributed by atoms with E-state index in [9.17, 15) is 5.11 Å². The lowest BCUT2D eigenvalue weighted by Crippen LogP contribution is -2.06. The van der Waals surface area contributed by atoms with Crippen LogP contribution < -0.4 is 0 Å². The van der Waals surface area contributed by atoms with Crippen molar-refractivity contribution in [3.05, 3.63) is 76.8 Å². The van der Waals surface area contributed by atoms with E-state index in [1.54, 1.807) is 30.4 Å². The van der Waals surface area contributed by atoms with Crippen LogP contribution in [0.3, 0.4) is 0 Å². The van der Waals surface area contributed by atoms with Gasteiger partial charge in [0.15, 0.2) is 5.16 Å². The van der Waals surface area contributed by atoms with Crippen LogP contribution in [-0.4, -0.2) is 19.6 Å². The molecule has 0 aliphatic carbocycles. The van der Waals surface area contributed by atoms with E-state index in [-0.39, 0.29) is 6.61 Å². The van der Waals surface area contributed by atoms with E-state index in [1.807, 2.05) is 41.0 Å². The second kappa shape index (κ2) is 7.64. The minimum Gasteiger partial charge on any atom is -0.390 e. The lowest BCUT2D eigenvalue weighted by atomic mass is 10.2. The molecule has 0 aliphatic heterocycles. The fraction of sp³-hybridized carbons (Fsp3) is 0.176. The summed E-state index contributed by atoms with van der Waals surface area (Å²) in [5.41, 5.74) is 3.07. The highest BCUT2D eigenvalue weighted by Crippen LogP contribution is 2.25. The number of aliphatic hydroxyl groups is 1. The zero-order chi connectivity index (χ0) is 16.1. The molecule has 0 amide bonds. The molecule has 4 nitrogen and oxygen atoms in total. The third-order valence-corrected chi connectivity index (χ3v) is 4.71. The number of hydrogen-bond donors (Lipinski definition) is 1. The van der Waals surface area contributed by atoms with Gasteiger partial charge in [0.05, 0.1) is 25.0 Å². The van der Waals surface area contributed by atoms with Crippen molar-refractivity contribution in [1.29, 1.82) is 0 Å². The monoisotopic (exact) mass is 345 g/mol. The molecule has 0 unspecified atom stereocenters. The molecule has 1 N–H and O–H groups in total. The van der Waals surface area contributed by atoms with Crippen molar-refractivity contribution in [2.75, 3.05) is 0 Å². The molecule has 23 heavy (non-hydrogen) atoms. The molecule has 2 aromatic heterocycles. The smallest absolute Gasteiger partial charge is 0.168 e. The summed E-state index contributed by atoms with van der Waals surface area (Å²) in [6, 6.07) is 11.7. The van der Waals surface area contributed by atoms with Crippen LogP contribution in [0.4, 0.5) is 0 Å². The van der Waals surface area contributed by atoms with Gasteiger partial charge in [-0.25, -0.2) is 4.98 Å². The van der Waals surface area contributed by atoms with Gasteiger partial charge in [-0.05, 0) is 35.4 Å². The zero-order valence-electron chi connectivity index (χ0n) is 12.4. The van der Waals surface area contributed by atoms with Crippen LogP contribution in [-0.2, 0) is 18.9 Å². The number of rotatable bonds is 6. The summed E-state index contributed by atoms with van der Waals surface area (Å²) in [6.07, 6.45) is 5.26. The summed E-state index contributed by atoms with van der Waals surface area (Å²) >= 11 is 7.65. The molecule has 3 rings (SSSR count). The Hall–Kier alpha value is -1.82. The average molecular weight is 346 g/mol. The molecule has 3 aromatic rings. The minimum atomic E-state index is -0.0319. The largest absolute Gasteiger partial charge is 0.390 e. The maximum atomic E-state index is 9.53. The van der Waals surface area contributed by atoms with Gasteiger partial charge < -0.3 is 9.67 Å². The Bertz CT molecular complexity index is 777. The number of pyridine rings is 1. The maximum absolute atomic E-state index is 9.53. The number of aromatic nitrogens is 3. The predicted molar refractivity (Wildman–Crippen MR) is 92.5 cm³/mol. The van der Waals surface area contributed by atoms with E-state index < -0.39 is 0 Å². The summed E-state index contributed by atoms with van der Waals surface area (Å²) in [5, 5.41) is 11.1. The van der Waals surface area contributed by atoms with Crippen molar-refractivity contribution >= 4 is 23.4 Å². The highest BCUT2D eigenvalue weighted by atomic mass is 35.5. The number of halogens is 1. The van der Waals surface area contributed by atoms with Gasteiger partial charge in [-0.3, -0.25) is 4.98 Å². The zero-order valence-corrected chi connectivity index (χ0v) is 14.0. The van der Waals surface area contributed by atoms with Crippen LogP contribution in [0.15, 0.2) is 60.1 Å². The van der Waals surface area contributed by atoms with Gasteiger partial charge in [0, 0.05) is 23.2 Å². The highest BCUT2D eigenvalue weighted by molar-refractivity contribution is 7.98. The number of aliphatic hydroxyl groups excluding tert-OH is 1. The first kappa shape index (κ1) is 16.1. The Balaban J connectivity index is 1.78. The second-order valence-corrected chi connectivity index (χ2v) is 6.43. The van der Waals surface area contributed by atoms with E-state index in [1.165, 1.54) is 0 Å². The Labute approximate surface area is 144 Å². The average Bonchev–Trinajstić information content (AvgIpc) is 2.96. The summed E-state index contributed by atoms with van der Waals surface area (Å²) < 4.78 is 2.03. The molecule has 0 atom stereocenters. The van der Waals surface area contributed by atoms with Crippen molar-refractivity contribution in [2.45, 2.75) is 24.1 Å². The van der Waals surface area contributed by atoms with Gasteiger partial charge in [0.1, 0.15) is 0 Å². The lowest BCUT2D eigenvalue weighted by molar-refractivity contribution is 0.270.